The normalized spacial score (nSPS) is 10.6. The maximum absolute atomic E-state index is 13.5. The number of nitrogens with one attached hydrogen (secondary N) is 1. The first kappa shape index (κ1) is 11.4. The third-order valence-electron chi connectivity index (χ3n) is 2.28. The van der Waals surface area contributed by atoms with Crippen molar-refractivity contribution in [2.24, 2.45) is 0 Å². The van der Waals surface area contributed by atoms with Gasteiger partial charge in [-0.25, -0.2) is 22.9 Å². The summed E-state index contributed by atoms with van der Waals surface area (Å²) in [7, 11) is 0. The van der Waals surface area contributed by atoms with Crippen LogP contribution < -0.4 is 5.69 Å². The van der Waals surface area contributed by atoms with Crippen molar-refractivity contribution >= 4 is 0 Å². The van der Waals surface area contributed by atoms with Gasteiger partial charge in [-0.1, -0.05) is 0 Å². The van der Waals surface area contributed by atoms with Gasteiger partial charge in [-0.2, -0.15) is 0 Å². The first-order chi connectivity index (χ1) is 7.99. The molecule has 1 aromatic carbocycles. The number of rotatable bonds is 1. The lowest BCUT2D eigenvalue weighted by atomic mass is 10.1. The molecule has 2 rings (SSSR count). The van der Waals surface area contributed by atoms with Crippen molar-refractivity contribution in [3.8, 4) is 11.3 Å². The summed E-state index contributed by atoms with van der Waals surface area (Å²) in [5.74, 6) is -3.41. The van der Waals surface area contributed by atoms with Gasteiger partial charge in [0.15, 0.2) is 11.6 Å². The number of aryl methyl sites for hydroxylation is 1. The van der Waals surface area contributed by atoms with Gasteiger partial charge in [-0.15, -0.1) is 0 Å². The van der Waals surface area contributed by atoms with Gasteiger partial charge in [0.05, 0.1) is 5.69 Å². The molecule has 0 aliphatic carbocycles. The maximum atomic E-state index is 13.5. The van der Waals surface area contributed by atoms with Crippen LogP contribution in [0.25, 0.3) is 11.3 Å². The van der Waals surface area contributed by atoms with Crippen molar-refractivity contribution in [2.45, 2.75) is 6.92 Å². The van der Waals surface area contributed by atoms with Gasteiger partial charge in [0, 0.05) is 17.8 Å². The van der Waals surface area contributed by atoms with Gasteiger partial charge in [0.25, 0.3) is 0 Å². The largest absolute Gasteiger partial charge is 0.345 e. The van der Waals surface area contributed by atoms with Crippen LogP contribution in [0.2, 0.25) is 0 Å². The van der Waals surface area contributed by atoms with Crippen LogP contribution in [0.5, 0.6) is 0 Å². The van der Waals surface area contributed by atoms with Gasteiger partial charge < -0.3 is 4.98 Å². The summed E-state index contributed by atoms with van der Waals surface area (Å²) >= 11 is 0. The van der Waals surface area contributed by atoms with E-state index in [4.69, 9.17) is 0 Å². The van der Waals surface area contributed by atoms with Crippen molar-refractivity contribution in [2.75, 3.05) is 0 Å². The Bertz CT molecular complexity index is 637. The topological polar surface area (TPSA) is 45.8 Å². The summed E-state index contributed by atoms with van der Waals surface area (Å²) in [6.07, 6.45) is 1.23. The molecule has 0 bridgehead atoms. The number of hydrogen-bond acceptors (Lipinski definition) is 2. The fourth-order valence-corrected chi connectivity index (χ4v) is 1.45. The second kappa shape index (κ2) is 4.04. The van der Waals surface area contributed by atoms with Crippen LogP contribution in [-0.2, 0) is 0 Å². The first-order valence-electron chi connectivity index (χ1n) is 4.70. The van der Waals surface area contributed by atoms with Crippen molar-refractivity contribution in [3.63, 3.8) is 0 Å². The number of nitrogens with zero attached hydrogens (tertiary/aromatic N) is 1. The molecule has 0 fully saturated rings. The monoisotopic (exact) mass is 240 g/mol. The van der Waals surface area contributed by atoms with E-state index in [0.29, 0.717) is 17.7 Å². The Morgan fingerprint density at radius 1 is 1.12 bits per heavy atom. The number of H-pyrrole nitrogens is 1. The van der Waals surface area contributed by atoms with E-state index in [-0.39, 0.29) is 11.3 Å². The molecule has 1 N–H and O–H groups in total. The Labute approximate surface area is 94.0 Å². The van der Waals surface area contributed by atoms with E-state index in [2.05, 4.69) is 9.97 Å². The van der Waals surface area contributed by atoms with E-state index < -0.39 is 23.1 Å². The molecule has 0 amide bonds. The predicted molar refractivity (Wildman–Crippen MR) is 54.9 cm³/mol. The van der Waals surface area contributed by atoms with Crippen LogP contribution >= 0.6 is 0 Å². The molecule has 0 aliphatic rings. The second-order valence-corrected chi connectivity index (χ2v) is 3.49. The minimum absolute atomic E-state index is 0.0846. The van der Waals surface area contributed by atoms with E-state index in [1.165, 1.54) is 6.20 Å². The van der Waals surface area contributed by atoms with Crippen LogP contribution in [0, 0.1) is 24.4 Å². The Hall–Kier alpha value is -2.11. The Balaban J connectivity index is 2.72. The highest BCUT2D eigenvalue weighted by atomic mass is 19.2. The van der Waals surface area contributed by atoms with E-state index in [1.807, 2.05) is 0 Å². The van der Waals surface area contributed by atoms with Gasteiger partial charge in [0.2, 0.25) is 0 Å². The molecule has 1 aromatic heterocycles. The van der Waals surface area contributed by atoms with Gasteiger partial charge in [0.1, 0.15) is 5.82 Å². The van der Waals surface area contributed by atoms with Crippen molar-refractivity contribution < 1.29 is 13.2 Å². The van der Waals surface area contributed by atoms with Crippen LogP contribution in [0.15, 0.2) is 23.1 Å². The Kier molecular flexibility index (Phi) is 2.71. The molecule has 2 aromatic rings. The molecular formula is C11H7F3N2O. The zero-order valence-corrected chi connectivity index (χ0v) is 8.72. The van der Waals surface area contributed by atoms with Crippen molar-refractivity contribution in [1.29, 1.82) is 0 Å². The molecule has 88 valence electrons. The third-order valence-corrected chi connectivity index (χ3v) is 2.28. The molecule has 3 nitrogen and oxygen atoms in total. The smallest absolute Gasteiger partial charge is 0.305 e. The average Bonchev–Trinajstić information content (AvgIpc) is 2.27. The fraction of sp³-hybridized carbons (Fsp3) is 0.0909. The number of halogens is 3. The molecule has 0 saturated heterocycles. The van der Waals surface area contributed by atoms with Crippen molar-refractivity contribution in [1.82, 2.24) is 9.97 Å². The highest BCUT2D eigenvalue weighted by Crippen LogP contribution is 2.24. The van der Waals surface area contributed by atoms with Crippen LogP contribution in [-0.4, -0.2) is 9.97 Å². The standard InChI is InChI=1S/C11H7F3N2O/c1-5-4-15-11(17)16-10(5)6-2-8(13)9(14)3-7(6)12/h2-4H,1H3,(H,15,16,17). The highest BCUT2D eigenvalue weighted by Gasteiger charge is 2.14. The van der Waals surface area contributed by atoms with E-state index in [0.717, 1.165) is 0 Å². The lowest BCUT2D eigenvalue weighted by Gasteiger charge is -2.06. The summed E-state index contributed by atoms with van der Waals surface area (Å²) in [4.78, 5) is 16.7. The Morgan fingerprint density at radius 3 is 2.47 bits per heavy atom. The quantitative estimate of drug-likeness (QED) is 0.776. The molecule has 17 heavy (non-hydrogen) atoms. The lowest BCUT2D eigenvalue weighted by Crippen LogP contribution is -2.12. The van der Waals surface area contributed by atoms with Gasteiger partial charge >= 0.3 is 5.69 Å². The number of benzene rings is 1. The highest BCUT2D eigenvalue weighted by molar-refractivity contribution is 5.62. The van der Waals surface area contributed by atoms with E-state index in [9.17, 15) is 18.0 Å². The van der Waals surface area contributed by atoms with E-state index >= 15 is 0 Å². The molecule has 0 atom stereocenters. The third kappa shape index (κ3) is 2.06. The number of hydrogen-bond donors (Lipinski definition) is 1. The van der Waals surface area contributed by atoms with Crippen LogP contribution in [0.4, 0.5) is 13.2 Å². The second-order valence-electron chi connectivity index (χ2n) is 3.49. The molecule has 0 radical (unpaired) electrons. The summed E-state index contributed by atoms with van der Waals surface area (Å²) in [5, 5.41) is 0. The summed E-state index contributed by atoms with van der Waals surface area (Å²) < 4.78 is 39.3. The van der Waals surface area contributed by atoms with Gasteiger partial charge in [-0.3, -0.25) is 0 Å². The van der Waals surface area contributed by atoms with Crippen molar-refractivity contribution in [3.05, 3.63) is 51.8 Å². The average molecular weight is 240 g/mol. The number of aromatic nitrogens is 2. The minimum atomic E-state index is -1.28. The molecule has 1 heterocycles. The SMILES string of the molecule is Cc1cnc(=O)[nH]c1-c1cc(F)c(F)cc1F. The molecule has 0 saturated carbocycles. The first-order valence-corrected chi connectivity index (χ1v) is 4.70. The molecule has 0 unspecified atom stereocenters. The van der Waals surface area contributed by atoms with Crippen LogP contribution in [0.3, 0.4) is 0 Å². The predicted octanol–water partition coefficient (Wildman–Crippen LogP) is 2.16. The zero-order valence-electron chi connectivity index (χ0n) is 8.72. The minimum Gasteiger partial charge on any atom is -0.305 e. The summed E-state index contributed by atoms with van der Waals surface area (Å²) in [6.45, 7) is 1.57. The maximum Gasteiger partial charge on any atom is 0.345 e. The number of aromatic amines is 1. The summed E-state index contributed by atoms with van der Waals surface area (Å²) in [5.41, 5.74) is -0.355. The Morgan fingerprint density at radius 2 is 1.76 bits per heavy atom. The fourth-order valence-electron chi connectivity index (χ4n) is 1.45. The van der Waals surface area contributed by atoms with E-state index in [1.54, 1.807) is 6.92 Å². The molecular weight excluding hydrogens is 233 g/mol. The summed E-state index contributed by atoms with van der Waals surface area (Å²) in [6, 6.07) is 1.13. The van der Waals surface area contributed by atoms with Gasteiger partial charge in [-0.05, 0) is 18.6 Å². The van der Waals surface area contributed by atoms with Crippen LogP contribution in [0.1, 0.15) is 5.56 Å². The molecule has 0 spiro atoms. The molecule has 6 heteroatoms. The molecule has 0 aliphatic heterocycles. The zero-order chi connectivity index (χ0) is 12.6. The lowest BCUT2D eigenvalue weighted by molar-refractivity contribution is 0.496.